The maximum absolute atomic E-state index is 11.1. The third kappa shape index (κ3) is 7.71. The van der Waals surface area contributed by atoms with Gasteiger partial charge in [-0.3, -0.25) is 10.5 Å². The normalized spacial score (nSPS) is 14.6. The molecule has 0 fully saturated rings. The number of aliphatic hydroxyl groups is 1. The zero-order valence-corrected chi connectivity index (χ0v) is 9.11. The van der Waals surface area contributed by atoms with Gasteiger partial charge < -0.3 is 14.9 Å². The first-order valence-electron chi connectivity index (χ1n) is 4.51. The SMILES string of the molecule is CC(C)(C)OC(=O)CCC(N)(O)C(=O)O.[LiH]. The second kappa shape index (κ2) is 6.26. The summed E-state index contributed by atoms with van der Waals surface area (Å²) in [5, 5.41) is 17.6. The molecule has 1 unspecified atom stereocenters. The van der Waals surface area contributed by atoms with Gasteiger partial charge in [-0.25, -0.2) is 4.79 Å². The zero-order chi connectivity index (χ0) is 12.3. The Hall–Kier alpha value is -0.543. The molecule has 6 nitrogen and oxygen atoms in total. The molecule has 0 aromatic rings. The summed E-state index contributed by atoms with van der Waals surface area (Å²) < 4.78 is 4.91. The summed E-state index contributed by atoms with van der Waals surface area (Å²) in [6.45, 7) is 5.07. The average Bonchev–Trinajstić information content (AvgIpc) is 1.97. The molecular weight excluding hydrogens is 209 g/mol. The zero-order valence-electron chi connectivity index (χ0n) is 9.11. The Labute approximate surface area is 106 Å². The van der Waals surface area contributed by atoms with Crippen LogP contribution in [0.5, 0.6) is 0 Å². The van der Waals surface area contributed by atoms with E-state index in [9.17, 15) is 9.59 Å². The molecule has 0 bridgehead atoms. The van der Waals surface area contributed by atoms with Gasteiger partial charge in [0.05, 0.1) is 6.42 Å². The van der Waals surface area contributed by atoms with Crippen molar-refractivity contribution < 1.29 is 24.5 Å². The molecule has 0 aliphatic rings. The number of hydrogen-bond donors (Lipinski definition) is 3. The van der Waals surface area contributed by atoms with E-state index in [1.807, 2.05) is 0 Å². The minimum atomic E-state index is -2.38. The van der Waals surface area contributed by atoms with Gasteiger partial charge in [-0.05, 0) is 20.8 Å². The van der Waals surface area contributed by atoms with Gasteiger partial charge in [0.1, 0.15) is 5.60 Å². The Bertz CT molecular complexity index is 259. The van der Waals surface area contributed by atoms with Crippen molar-refractivity contribution in [3.05, 3.63) is 0 Å². The van der Waals surface area contributed by atoms with Gasteiger partial charge in [0.2, 0.25) is 5.72 Å². The molecule has 0 aromatic heterocycles. The van der Waals surface area contributed by atoms with Crippen molar-refractivity contribution in [3.8, 4) is 0 Å². The van der Waals surface area contributed by atoms with Crippen LogP contribution >= 0.6 is 0 Å². The van der Waals surface area contributed by atoms with Crippen LogP contribution in [0.15, 0.2) is 0 Å². The number of carboxylic acids is 1. The van der Waals surface area contributed by atoms with E-state index >= 15 is 0 Å². The summed E-state index contributed by atoms with van der Waals surface area (Å²) in [6, 6.07) is 0. The van der Waals surface area contributed by atoms with E-state index < -0.39 is 23.3 Å². The fourth-order valence-electron chi connectivity index (χ4n) is 0.792. The van der Waals surface area contributed by atoms with Crippen LogP contribution < -0.4 is 5.73 Å². The monoisotopic (exact) mass is 227 g/mol. The fourth-order valence-corrected chi connectivity index (χ4v) is 0.792. The predicted octanol–water partition coefficient (Wildman–Crippen LogP) is -0.808. The van der Waals surface area contributed by atoms with Crippen molar-refractivity contribution in [1.29, 1.82) is 0 Å². The van der Waals surface area contributed by atoms with Crippen molar-refractivity contribution in [2.24, 2.45) is 5.73 Å². The maximum atomic E-state index is 11.1. The van der Waals surface area contributed by atoms with E-state index in [-0.39, 0.29) is 31.7 Å². The van der Waals surface area contributed by atoms with Crippen LogP contribution in [-0.4, -0.2) is 52.3 Å². The number of carbonyl (C=O) groups is 2. The molecule has 0 saturated carbocycles. The molecule has 0 heterocycles. The number of aliphatic carboxylic acids is 1. The van der Waals surface area contributed by atoms with Gasteiger partial charge in [-0.2, -0.15) is 0 Å². The molecule has 0 aromatic carbocycles. The molecule has 90 valence electrons. The van der Waals surface area contributed by atoms with Gasteiger partial charge >= 0.3 is 30.8 Å². The van der Waals surface area contributed by atoms with E-state index in [0.717, 1.165) is 0 Å². The van der Waals surface area contributed by atoms with Crippen molar-refractivity contribution in [2.75, 3.05) is 0 Å². The summed E-state index contributed by atoms with van der Waals surface area (Å²) >= 11 is 0. The topological polar surface area (TPSA) is 110 Å². The van der Waals surface area contributed by atoms with E-state index in [1.54, 1.807) is 20.8 Å². The van der Waals surface area contributed by atoms with Crippen molar-refractivity contribution in [1.82, 2.24) is 0 Å². The van der Waals surface area contributed by atoms with Crippen LogP contribution in [0.25, 0.3) is 0 Å². The first kappa shape index (κ1) is 17.8. The number of ether oxygens (including phenoxy) is 1. The second-order valence-electron chi connectivity index (χ2n) is 4.32. The number of nitrogens with two attached hydrogens (primary N) is 1. The Morgan fingerprint density at radius 1 is 1.31 bits per heavy atom. The number of carboxylic acid groups (broad SMARTS) is 1. The van der Waals surface area contributed by atoms with Crippen molar-refractivity contribution in [3.63, 3.8) is 0 Å². The number of carbonyl (C=O) groups excluding carboxylic acids is 1. The molecule has 0 amide bonds. The van der Waals surface area contributed by atoms with Gasteiger partial charge in [-0.15, -0.1) is 0 Å². The quantitative estimate of drug-likeness (QED) is 0.329. The van der Waals surface area contributed by atoms with Gasteiger partial charge in [0.15, 0.2) is 0 Å². The van der Waals surface area contributed by atoms with Crippen molar-refractivity contribution >= 4 is 30.8 Å². The van der Waals surface area contributed by atoms with Crippen LogP contribution in [0.3, 0.4) is 0 Å². The minimum absolute atomic E-state index is 0. The molecule has 0 radical (unpaired) electrons. The van der Waals surface area contributed by atoms with Crippen LogP contribution in [0.1, 0.15) is 33.6 Å². The number of hydrogen-bond acceptors (Lipinski definition) is 5. The van der Waals surface area contributed by atoms with E-state index in [4.69, 9.17) is 20.7 Å². The summed E-state index contributed by atoms with van der Waals surface area (Å²) in [7, 11) is 0. The number of rotatable bonds is 4. The van der Waals surface area contributed by atoms with Gasteiger partial charge in [-0.1, -0.05) is 0 Å². The van der Waals surface area contributed by atoms with Crippen LogP contribution in [-0.2, 0) is 14.3 Å². The third-order valence-corrected chi connectivity index (χ3v) is 1.50. The van der Waals surface area contributed by atoms with Gasteiger partial charge in [0.25, 0.3) is 0 Å². The van der Waals surface area contributed by atoms with Gasteiger partial charge in [0, 0.05) is 6.42 Å². The molecule has 0 aliphatic heterocycles. The first-order chi connectivity index (χ1) is 6.54. The predicted molar refractivity (Wildman–Crippen MR) is 59.0 cm³/mol. The summed E-state index contributed by atoms with van der Waals surface area (Å²) in [5.74, 6) is -2.15. The van der Waals surface area contributed by atoms with Crippen molar-refractivity contribution in [2.45, 2.75) is 44.9 Å². The average molecular weight is 227 g/mol. The van der Waals surface area contributed by atoms with E-state index in [0.29, 0.717) is 0 Å². The van der Waals surface area contributed by atoms with E-state index in [1.165, 1.54) is 0 Å². The Morgan fingerprint density at radius 3 is 2.06 bits per heavy atom. The summed E-state index contributed by atoms with van der Waals surface area (Å²) in [5.41, 5.74) is 2.01. The Kier molecular flexibility index (Phi) is 6.98. The van der Waals surface area contributed by atoms with Crippen LogP contribution in [0.4, 0.5) is 0 Å². The molecule has 0 spiro atoms. The second-order valence-corrected chi connectivity index (χ2v) is 4.32. The fraction of sp³-hybridized carbons (Fsp3) is 0.778. The third-order valence-electron chi connectivity index (χ3n) is 1.50. The Morgan fingerprint density at radius 2 is 1.75 bits per heavy atom. The molecule has 1 atom stereocenters. The number of esters is 1. The summed E-state index contributed by atoms with van der Waals surface area (Å²) in [6.07, 6.45) is -0.617. The molecule has 0 rings (SSSR count). The molecule has 0 saturated heterocycles. The molecular formula is C9H18LiNO5. The van der Waals surface area contributed by atoms with Crippen LogP contribution in [0.2, 0.25) is 0 Å². The van der Waals surface area contributed by atoms with E-state index in [2.05, 4.69) is 0 Å². The summed E-state index contributed by atoms with van der Waals surface area (Å²) in [4.78, 5) is 21.5. The standard InChI is InChI=1S/C9H17NO5.Li.H/c1-8(2,3)15-6(11)4-5-9(10,14)7(12)13;;/h14H,4-5,10H2,1-3H3,(H,12,13);;. The molecule has 4 N–H and O–H groups in total. The first-order valence-corrected chi connectivity index (χ1v) is 4.51. The van der Waals surface area contributed by atoms with Crippen LogP contribution in [0, 0.1) is 0 Å². The molecule has 16 heavy (non-hydrogen) atoms. The molecule has 0 aliphatic carbocycles. The Balaban J connectivity index is 0. The molecule has 7 heteroatoms.